The highest BCUT2D eigenvalue weighted by Crippen LogP contribution is 2.16. The number of ether oxygens (including phenoxy) is 2. The van der Waals surface area contributed by atoms with E-state index in [2.05, 4.69) is 11.8 Å². The van der Waals surface area contributed by atoms with Gasteiger partial charge in [-0.2, -0.15) is 0 Å². The van der Waals surface area contributed by atoms with Crippen LogP contribution in [0.4, 0.5) is 0 Å². The van der Waals surface area contributed by atoms with Gasteiger partial charge in [-0.3, -0.25) is 0 Å². The fourth-order valence-corrected chi connectivity index (χ4v) is 2.01. The van der Waals surface area contributed by atoms with E-state index in [0.717, 1.165) is 19.7 Å². The van der Waals surface area contributed by atoms with E-state index in [4.69, 9.17) is 15.2 Å². The van der Waals surface area contributed by atoms with Crippen molar-refractivity contribution in [3.05, 3.63) is 0 Å². The van der Waals surface area contributed by atoms with E-state index in [1.54, 1.807) is 7.11 Å². The lowest BCUT2D eigenvalue weighted by atomic mass is 10.1. The third kappa shape index (κ3) is 6.66. The third-order valence-corrected chi connectivity index (χ3v) is 2.70. The van der Waals surface area contributed by atoms with Crippen molar-refractivity contribution in [2.45, 2.75) is 19.4 Å². The highest BCUT2D eigenvalue weighted by Gasteiger charge is 2.22. The first-order valence-corrected chi connectivity index (χ1v) is 5.77. The average Bonchev–Trinajstić information content (AvgIpc) is 2.59. The third-order valence-electron chi connectivity index (χ3n) is 2.70. The van der Waals surface area contributed by atoms with Gasteiger partial charge in [0, 0.05) is 26.2 Å². The molecular formula is C11H25ClN2O2. The van der Waals surface area contributed by atoms with E-state index in [1.165, 1.54) is 13.0 Å². The van der Waals surface area contributed by atoms with Gasteiger partial charge in [0.1, 0.15) is 0 Å². The fourth-order valence-electron chi connectivity index (χ4n) is 2.01. The van der Waals surface area contributed by atoms with Crippen LogP contribution < -0.4 is 5.73 Å². The molecule has 0 spiro atoms. The van der Waals surface area contributed by atoms with Crippen LogP contribution in [0, 0.1) is 5.92 Å². The van der Waals surface area contributed by atoms with Gasteiger partial charge in [0.15, 0.2) is 0 Å². The van der Waals surface area contributed by atoms with Gasteiger partial charge in [-0.1, -0.05) is 0 Å². The van der Waals surface area contributed by atoms with Crippen molar-refractivity contribution in [3.63, 3.8) is 0 Å². The molecule has 0 aromatic heterocycles. The lowest BCUT2D eigenvalue weighted by Crippen LogP contribution is -2.34. The Morgan fingerprint density at radius 1 is 1.44 bits per heavy atom. The molecule has 5 heteroatoms. The van der Waals surface area contributed by atoms with Crippen LogP contribution in [-0.4, -0.2) is 57.5 Å². The molecule has 1 fully saturated rings. The van der Waals surface area contributed by atoms with Crippen molar-refractivity contribution in [1.82, 2.24) is 4.90 Å². The summed E-state index contributed by atoms with van der Waals surface area (Å²) in [4.78, 5) is 2.43. The first kappa shape index (κ1) is 16.1. The SMILES string of the molecule is COCCOCC1CCN(CC(C)N)C1.Cl. The van der Waals surface area contributed by atoms with Gasteiger partial charge in [-0.15, -0.1) is 12.4 Å². The molecule has 1 heterocycles. The first-order chi connectivity index (χ1) is 7.22. The molecule has 2 N–H and O–H groups in total. The summed E-state index contributed by atoms with van der Waals surface area (Å²) >= 11 is 0. The summed E-state index contributed by atoms with van der Waals surface area (Å²) in [6.07, 6.45) is 1.24. The molecule has 0 aromatic rings. The van der Waals surface area contributed by atoms with Crippen molar-refractivity contribution < 1.29 is 9.47 Å². The summed E-state index contributed by atoms with van der Waals surface area (Å²) in [5.41, 5.74) is 5.77. The van der Waals surface area contributed by atoms with E-state index < -0.39 is 0 Å². The van der Waals surface area contributed by atoms with Crippen LogP contribution in [0.5, 0.6) is 0 Å². The lowest BCUT2D eigenvalue weighted by Gasteiger charge is -2.18. The van der Waals surface area contributed by atoms with Gasteiger partial charge in [0.05, 0.1) is 19.8 Å². The number of hydrogen-bond donors (Lipinski definition) is 1. The zero-order chi connectivity index (χ0) is 11.1. The maximum Gasteiger partial charge on any atom is 0.0700 e. The minimum Gasteiger partial charge on any atom is -0.382 e. The van der Waals surface area contributed by atoms with Crippen molar-refractivity contribution >= 4 is 12.4 Å². The molecule has 0 bridgehead atoms. The standard InChI is InChI=1S/C11H24N2O2.ClH/c1-10(12)7-13-4-3-11(8-13)9-15-6-5-14-2;/h10-11H,3-9,12H2,1-2H3;1H. The number of likely N-dealkylation sites (tertiary alicyclic amines) is 1. The number of methoxy groups -OCH3 is 1. The molecule has 16 heavy (non-hydrogen) atoms. The molecule has 2 unspecified atom stereocenters. The Labute approximate surface area is 105 Å². The minimum absolute atomic E-state index is 0. The van der Waals surface area contributed by atoms with Crippen LogP contribution in [0.15, 0.2) is 0 Å². The summed E-state index contributed by atoms with van der Waals surface area (Å²) in [7, 11) is 1.70. The van der Waals surface area contributed by atoms with Gasteiger partial charge in [0.2, 0.25) is 0 Å². The van der Waals surface area contributed by atoms with E-state index in [1.807, 2.05) is 0 Å². The molecule has 0 amide bonds. The molecule has 1 rings (SSSR count). The molecule has 1 aliphatic heterocycles. The number of hydrogen-bond acceptors (Lipinski definition) is 4. The maximum atomic E-state index is 5.77. The summed E-state index contributed by atoms with van der Waals surface area (Å²) < 4.78 is 10.5. The highest BCUT2D eigenvalue weighted by molar-refractivity contribution is 5.85. The molecule has 0 radical (unpaired) electrons. The quantitative estimate of drug-likeness (QED) is 0.679. The minimum atomic E-state index is 0. The first-order valence-electron chi connectivity index (χ1n) is 5.77. The van der Waals surface area contributed by atoms with Gasteiger partial charge in [-0.05, 0) is 25.8 Å². The summed E-state index contributed by atoms with van der Waals surface area (Å²) in [5, 5.41) is 0. The number of nitrogens with two attached hydrogens (primary N) is 1. The van der Waals surface area contributed by atoms with E-state index in [0.29, 0.717) is 19.1 Å². The molecule has 2 atom stereocenters. The zero-order valence-corrected chi connectivity index (χ0v) is 11.2. The van der Waals surface area contributed by atoms with Crippen LogP contribution in [0.1, 0.15) is 13.3 Å². The second kappa shape index (κ2) is 9.19. The van der Waals surface area contributed by atoms with Crippen LogP contribution in [-0.2, 0) is 9.47 Å². The molecule has 4 nitrogen and oxygen atoms in total. The predicted octanol–water partition coefficient (Wildman–Crippen LogP) is 0.740. The fraction of sp³-hybridized carbons (Fsp3) is 1.00. The van der Waals surface area contributed by atoms with Gasteiger partial charge in [-0.25, -0.2) is 0 Å². The Bertz CT molecular complexity index is 170. The van der Waals surface area contributed by atoms with Crippen LogP contribution in [0.25, 0.3) is 0 Å². The molecule has 0 saturated carbocycles. The smallest absolute Gasteiger partial charge is 0.0700 e. The monoisotopic (exact) mass is 252 g/mol. The molecule has 1 saturated heterocycles. The topological polar surface area (TPSA) is 47.7 Å². The van der Waals surface area contributed by atoms with Crippen molar-refractivity contribution in [2.24, 2.45) is 11.7 Å². The number of halogens is 1. The van der Waals surface area contributed by atoms with E-state index in [9.17, 15) is 0 Å². The molecule has 0 aliphatic carbocycles. The Kier molecular flexibility index (Phi) is 9.26. The second-order valence-corrected chi connectivity index (χ2v) is 4.46. The lowest BCUT2D eigenvalue weighted by molar-refractivity contribution is 0.0526. The zero-order valence-electron chi connectivity index (χ0n) is 10.4. The van der Waals surface area contributed by atoms with Crippen LogP contribution in [0.2, 0.25) is 0 Å². The van der Waals surface area contributed by atoms with E-state index in [-0.39, 0.29) is 18.4 Å². The molecule has 1 aliphatic rings. The van der Waals surface area contributed by atoms with Crippen LogP contribution >= 0.6 is 12.4 Å². The van der Waals surface area contributed by atoms with Gasteiger partial charge in [0.25, 0.3) is 0 Å². The van der Waals surface area contributed by atoms with Crippen molar-refractivity contribution in [3.8, 4) is 0 Å². The Hall–Kier alpha value is 0.130. The molecule has 98 valence electrons. The van der Waals surface area contributed by atoms with Gasteiger partial charge >= 0.3 is 0 Å². The molecule has 0 aromatic carbocycles. The predicted molar refractivity (Wildman–Crippen MR) is 68.1 cm³/mol. The van der Waals surface area contributed by atoms with E-state index >= 15 is 0 Å². The maximum absolute atomic E-state index is 5.77. The van der Waals surface area contributed by atoms with Crippen molar-refractivity contribution in [2.75, 3.05) is 46.6 Å². The highest BCUT2D eigenvalue weighted by atomic mass is 35.5. The number of nitrogens with zero attached hydrogens (tertiary/aromatic N) is 1. The second-order valence-electron chi connectivity index (χ2n) is 4.46. The van der Waals surface area contributed by atoms with Crippen LogP contribution in [0.3, 0.4) is 0 Å². The summed E-state index contributed by atoms with van der Waals surface area (Å²) in [6, 6.07) is 0.276. The normalized spacial score (nSPS) is 23.1. The average molecular weight is 253 g/mol. The largest absolute Gasteiger partial charge is 0.382 e. The van der Waals surface area contributed by atoms with Gasteiger partial charge < -0.3 is 20.1 Å². The number of rotatable bonds is 7. The molecular weight excluding hydrogens is 228 g/mol. The van der Waals surface area contributed by atoms with Crippen molar-refractivity contribution in [1.29, 1.82) is 0 Å². The Morgan fingerprint density at radius 3 is 2.81 bits per heavy atom. The summed E-state index contributed by atoms with van der Waals surface area (Å²) in [5.74, 6) is 0.681. The Morgan fingerprint density at radius 2 is 2.19 bits per heavy atom. The summed E-state index contributed by atoms with van der Waals surface area (Å²) in [6.45, 7) is 7.63. The Balaban J connectivity index is 0.00000225.